The summed E-state index contributed by atoms with van der Waals surface area (Å²) in [4.78, 5) is 29.1. The van der Waals surface area contributed by atoms with Gasteiger partial charge in [-0.05, 0) is 31.2 Å². The third-order valence-corrected chi connectivity index (χ3v) is 4.86. The molecule has 0 unspecified atom stereocenters. The van der Waals surface area contributed by atoms with Crippen LogP contribution in [0.1, 0.15) is 6.92 Å². The number of carbonyl (C=O) groups excluding carboxylic acids is 1. The Labute approximate surface area is 154 Å². The third-order valence-electron chi connectivity index (χ3n) is 3.77. The van der Waals surface area contributed by atoms with E-state index in [1.165, 1.54) is 30.4 Å². The Morgan fingerprint density at radius 2 is 1.85 bits per heavy atom. The van der Waals surface area contributed by atoms with Crippen LogP contribution in [0.2, 0.25) is 0 Å². The second-order valence-corrected chi connectivity index (χ2v) is 6.52. The van der Waals surface area contributed by atoms with Crippen molar-refractivity contribution in [1.29, 1.82) is 0 Å². The maximum atomic E-state index is 13.1. The predicted molar refractivity (Wildman–Crippen MR) is 102 cm³/mol. The molecule has 1 aromatic heterocycles. The van der Waals surface area contributed by atoms with Crippen LogP contribution in [0.15, 0.2) is 52.4 Å². The lowest BCUT2D eigenvalue weighted by Crippen LogP contribution is -2.22. The van der Waals surface area contributed by atoms with Crippen molar-refractivity contribution in [2.75, 3.05) is 20.0 Å². The smallest absolute Gasteiger partial charge is 0.266 e. The lowest BCUT2D eigenvalue weighted by Gasteiger charge is -2.15. The zero-order valence-corrected chi connectivity index (χ0v) is 15.5. The highest BCUT2D eigenvalue weighted by atomic mass is 32.2. The highest BCUT2D eigenvalue weighted by molar-refractivity contribution is 7.99. The second kappa shape index (κ2) is 7.61. The Hall–Kier alpha value is -2.80. The molecule has 0 bridgehead atoms. The molecule has 0 atom stereocenters. The van der Waals surface area contributed by atoms with Crippen LogP contribution in [0.25, 0.3) is 16.6 Å². The number of methoxy groups -OCH3 is 2. The van der Waals surface area contributed by atoms with Gasteiger partial charge in [0, 0.05) is 6.07 Å². The summed E-state index contributed by atoms with van der Waals surface area (Å²) in [6, 6.07) is 12.4. The first-order valence-corrected chi connectivity index (χ1v) is 8.90. The number of Topliss-reactive ketones (excluding diaryl/α,β-unsaturated/α-hetero) is 1. The molecule has 3 aromatic rings. The molecule has 0 amide bonds. The van der Waals surface area contributed by atoms with Crippen LogP contribution in [0.4, 0.5) is 0 Å². The summed E-state index contributed by atoms with van der Waals surface area (Å²) in [5.74, 6) is 1.32. The fraction of sp³-hybridized carbons (Fsp3) is 0.211. The molecule has 2 aromatic carbocycles. The van der Waals surface area contributed by atoms with Crippen LogP contribution >= 0.6 is 11.8 Å². The summed E-state index contributed by atoms with van der Waals surface area (Å²) >= 11 is 1.23. The number of para-hydroxylation sites is 1. The SMILES string of the molecule is COc1ccc(-n2c(SCC(C)=O)nc3ccccc3c2=O)cc1OC. The van der Waals surface area contributed by atoms with Gasteiger partial charge in [0.1, 0.15) is 5.78 Å². The summed E-state index contributed by atoms with van der Waals surface area (Å²) < 4.78 is 12.1. The molecule has 0 aliphatic heterocycles. The van der Waals surface area contributed by atoms with Crippen molar-refractivity contribution in [3.05, 3.63) is 52.8 Å². The maximum Gasteiger partial charge on any atom is 0.266 e. The summed E-state index contributed by atoms with van der Waals surface area (Å²) in [6.45, 7) is 1.51. The van der Waals surface area contributed by atoms with E-state index in [0.29, 0.717) is 33.2 Å². The fourth-order valence-electron chi connectivity index (χ4n) is 2.57. The number of fused-ring (bicyclic) bond motifs is 1. The van der Waals surface area contributed by atoms with E-state index in [2.05, 4.69) is 4.98 Å². The average Bonchev–Trinajstić information content (AvgIpc) is 2.66. The van der Waals surface area contributed by atoms with Gasteiger partial charge in [-0.2, -0.15) is 0 Å². The topological polar surface area (TPSA) is 70.4 Å². The third kappa shape index (κ3) is 3.43. The van der Waals surface area contributed by atoms with E-state index >= 15 is 0 Å². The monoisotopic (exact) mass is 370 g/mol. The van der Waals surface area contributed by atoms with Gasteiger partial charge in [-0.3, -0.25) is 14.2 Å². The van der Waals surface area contributed by atoms with Gasteiger partial charge in [0.05, 0.1) is 36.6 Å². The molecule has 0 saturated heterocycles. The molecule has 26 heavy (non-hydrogen) atoms. The van der Waals surface area contributed by atoms with Crippen molar-refractivity contribution in [2.24, 2.45) is 0 Å². The van der Waals surface area contributed by atoms with Gasteiger partial charge in [-0.15, -0.1) is 0 Å². The highest BCUT2D eigenvalue weighted by Crippen LogP contribution is 2.30. The van der Waals surface area contributed by atoms with E-state index in [1.807, 2.05) is 6.07 Å². The number of hydrogen-bond donors (Lipinski definition) is 0. The van der Waals surface area contributed by atoms with Crippen LogP contribution in [0.3, 0.4) is 0 Å². The van der Waals surface area contributed by atoms with Crippen molar-refractivity contribution in [3.63, 3.8) is 0 Å². The molecule has 1 heterocycles. The van der Waals surface area contributed by atoms with Crippen molar-refractivity contribution < 1.29 is 14.3 Å². The van der Waals surface area contributed by atoms with E-state index in [4.69, 9.17) is 9.47 Å². The number of thioether (sulfide) groups is 1. The number of ketones is 1. The van der Waals surface area contributed by atoms with Crippen LogP contribution in [-0.2, 0) is 4.79 Å². The maximum absolute atomic E-state index is 13.1. The Morgan fingerprint density at radius 1 is 1.12 bits per heavy atom. The zero-order chi connectivity index (χ0) is 18.7. The van der Waals surface area contributed by atoms with Gasteiger partial charge < -0.3 is 9.47 Å². The summed E-state index contributed by atoms with van der Waals surface area (Å²) in [5, 5.41) is 0.963. The van der Waals surface area contributed by atoms with Crippen molar-refractivity contribution in [2.45, 2.75) is 12.1 Å². The van der Waals surface area contributed by atoms with Gasteiger partial charge in [0.2, 0.25) is 0 Å². The van der Waals surface area contributed by atoms with Gasteiger partial charge in [-0.1, -0.05) is 23.9 Å². The minimum atomic E-state index is -0.200. The Kier molecular flexibility index (Phi) is 5.27. The molecule has 0 radical (unpaired) electrons. The number of carbonyl (C=O) groups is 1. The number of rotatable bonds is 6. The van der Waals surface area contributed by atoms with Gasteiger partial charge in [-0.25, -0.2) is 4.98 Å². The molecule has 0 aliphatic carbocycles. The number of aromatic nitrogens is 2. The number of ether oxygens (including phenoxy) is 2. The van der Waals surface area contributed by atoms with Gasteiger partial charge in [0.15, 0.2) is 16.7 Å². The fourth-order valence-corrected chi connectivity index (χ4v) is 3.38. The largest absolute Gasteiger partial charge is 0.493 e. The Balaban J connectivity index is 2.25. The molecule has 7 heteroatoms. The quantitative estimate of drug-likeness (QED) is 0.491. The van der Waals surface area contributed by atoms with Crippen LogP contribution in [0.5, 0.6) is 11.5 Å². The molecule has 3 rings (SSSR count). The molecule has 0 N–H and O–H groups in total. The normalized spacial score (nSPS) is 10.7. The molecule has 0 spiro atoms. The van der Waals surface area contributed by atoms with E-state index in [1.54, 1.807) is 43.5 Å². The minimum Gasteiger partial charge on any atom is -0.493 e. The predicted octanol–water partition coefficient (Wildman–Crippen LogP) is 3.08. The van der Waals surface area contributed by atoms with Crippen molar-refractivity contribution in [3.8, 4) is 17.2 Å². The first kappa shape index (κ1) is 18.0. The minimum absolute atomic E-state index is 0.0104. The lowest BCUT2D eigenvalue weighted by molar-refractivity contribution is -0.114. The first-order chi connectivity index (χ1) is 12.5. The van der Waals surface area contributed by atoms with Gasteiger partial charge in [0.25, 0.3) is 5.56 Å². The molecular weight excluding hydrogens is 352 g/mol. The first-order valence-electron chi connectivity index (χ1n) is 7.91. The van der Waals surface area contributed by atoms with Gasteiger partial charge >= 0.3 is 0 Å². The molecule has 6 nitrogen and oxygen atoms in total. The molecular formula is C19H18N2O4S. The van der Waals surface area contributed by atoms with Crippen molar-refractivity contribution in [1.82, 2.24) is 9.55 Å². The van der Waals surface area contributed by atoms with E-state index in [-0.39, 0.29) is 17.1 Å². The van der Waals surface area contributed by atoms with E-state index < -0.39 is 0 Å². The Bertz CT molecular complexity index is 1030. The standard InChI is InChI=1S/C19H18N2O4S/c1-12(22)11-26-19-20-15-7-5-4-6-14(15)18(23)21(19)13-8-9-16(24-2)17(10-13)25-3/h4-10H,11H2,1-3H3. The number of hydrogen-bond acceptors (Lipinski definition) is 6. The number of benzene rings is 2. The molecule has 134 valence electrons. The second-order valence-electron chi connectivity index (χ2n) is 5.58. The molecule has 0 saturated carbocycles. The van der Waals surface area contributed by atoms with Crippen molar-refractivity contribution >= 4 is 28.4 Å². The molecule has 0 fully saturated rings. The van der Waals surface area contributed by atoms with Crippen LogP contribution in [0, 0.1) is 0 Å². The number of nitrogens with zero attached hydrogens (tertiary/aromatic N) is 2. The van der Waals surface area contributed by atoms with E-state index in [0.717, 1.165) is 0 Å². The zero-order valence-electron chi connectivity index (χ0n) is 14.7. The summed E-state index contributed by atoms with van der Waals surface area (Å²) in [5.41, 5.74) is 0.992. The Morgan fingerprint density at radius 3 is 2.54 bits per heavy atom. The highest BCUT2D eigenvalue weighted by Gasteiger charge is 2.15. The average molecular weight is 370 g/mol. The summed E-state index contributed by atoms with van der Waals surface area (Å²) in [6.07, 6.45) is 0. The molecule has 0 aliphatic rings. The van der Waals surface area contributed by atoms with E-state index in [9.17, 15) is 9.59 Å². The lowest BCUT2D eigenvalue weighted by atomic mass is 10.2. The van der Waals surface area contributed by atoms with Crippen LogP contribution in [-0.4, -0.2) is 35.3 Å². The van der Waals surface area contributed by atoms with Crippen LogP contribution < -0.4 is 15.0 Å². The summed E-state index contributed by atoms with van der Waals surface area (Å²) in [7, 11) is 3.09.